The van der Waals surface area contributed by atoms with E-state index in [1.807, 2.05) is 18.7 Å². The van der Waals surface area contributed by atoms with Crippen LogP contribution >= 0.6 is 0 Å². The summed E-state index contributed by atoms with van der Waals surface area (Å²) < 4.78 is 2.19. The minimum absolute atomic E-state index is 0.0197. The summed E-state index contributed by atoms with van der Waals surface area (Å²) in [5.41, 5.74) is 0. The zero-order chi connectivity index (χ0) is 18.2. The maximum atomic E-state index is 11.9. The van der Waals surface area contributed by atoms with Crippen molar-refractivity contribution in [1.82, 2.24) is 24.7 Å². The molecule has 7 nitrogen and oxygen atoms in total. The molecule has 1 aromatic rings. The minimum Gasteiger partial charge on any atom is -0.356 e. The van der Waals surface area contributed by atoms with Crippen LogP contribution < -0.4 is 5.32 Å². The van der Waals surface area contributed by atoms with Gasteiger partial charge in [-0.2, -0.15) is 0 Å². The second kappa shape index (κ2) is 9.44. The molecule has 0 radical (unpaired) electrons. The van der Waals surface area contributed by atoms with Gasteiger partial charge in [0.05, 0.1) is 12.4 Å². The number of amides is 1. The lowest BCUT2D eigenvalue weighted by molar-refractivity contribution is -0.127. The van der Waals surface area contributed by atoms with Gasteiger partial charge < -0.3 is 19.7 Å². The summed E-state index contributed by atoms with van der Waals surface area (Å²) in [5.74, 6) is 1.46. The van der Waals surface area contributed by atoms with Crippen molar-refractivity contribution >= 4 is 11.9 Å². The molecule has 0 aliphatic carbocycles. The van der Waals surface area contributed by atoms with Gasteiger partial charge >= 0.3 is 0 Å². The van der Waals surface area contributed by atoms with Crippen molar-refractivity contribution in [3.8, 4) is 0 Å². The number of carbonyl (C=O) groups is 1. The summed E-state index contributed by atoms with van der Waals surface area (Å²) in [6.45, 7) is 7.37. The van der Waals surface area contributed by atoms with Crippen LogP contribution in [0.5, 0.6) is 0 Å². The van der Waals surface area contributed by atoms with E-state index >= 15 is 0 Å². The second-order valence-corrected chi connectivity index (χ2v) is 7.00. The number of nitrogens with zero attached hydrogens (tertiary/aromatic N) is 5. The van der Waals surface area contributed by atoms with E-state index in [0.717, 1.165) is 44.9 Å². The summed E-state index contributed by atoms with van der Waals surface area (Å²) in [7, 11) is 3.53. The molecule has 1 aliphatic rings. The van der Waals surface area contributed by atoms with Gasteiger partial charge in [-0.1, -0.05) is 20.3 Å². The molecule has 1 fully saturated rings. The molecule has 2 unspecified atom stereocenters. The molecule has 1 saturated heterocycles. The van der Waals surface area contributed by atoms with Crippen LogP contribution in [0.15, 0.2) is 23.7 Å². The molecule has 2 atom stereocenters. The quantitative estimate of drug-likeness (QED) is 0.482. The summed E-state index contributed by atoms with van der Waals surface area (Å²) in [6.07, 6.45) is 9.07. The summed E-state index contributed by atoms with van der Waals surface area (Å²) in [5, 5.41) is 3.45. The van der Waals surface area contributed by atoms with E-state index in [0.29, 0.717) is 12.0 Å². The number of guanidine groups is 1. The van der Waals surface area contributed by atoms with Gasteiger partial charge in [0.1, 0.15) is 6.54 Å². The molecular formula is C18H32N6O. The van der Waals surface area contributed by atoms with E-state index in [9.17, 15) is 4.79 Å². The fourth-order valence-corrected chi connectivity index (χ4v) is 3.02. The molecule has 1 aliphatic heterocycles. The lowest BCUT2D eigenvalue weighted by atomic mass is 9.93. The van der Waals surface area contributed by atoms with E-state index in [2.05, 4.69) is 38.6 Å². The topological polar surface area (TPSA) is 65.8 Å². The SMILES string of the molecule is CCCCNC(=NCC(=O)N(C)C)N1CCC(C)C(n2ccnc2)C1. The molecule has 0 bridgehead atoms. The van der Waals surface area contributed by atoms with Crippen LogP contribution in [-0.2, 0) is 4.79 Å². The number of hydrogen-bond acceptors (Lipinski definition) is 3. The number of likely N-dealkylation sites (N-methyl/N-ethyl adjacent to an activating group) is 1. The van der Waals surface area contributed by atoms with Crippen LogP contribution in [0.4, 0.5) is 0 Å². The zero-order valence-electron chi connectivity index (χ0n) is 16.0. The number of unbranched alkanes of at least 4 members (excludes halogenated alkanes) is 1. The Kier molecular flexibility index (Phi) is 7.28. The molecule has 1 N–H and O–H groups in total. The van der Waals surface area contributed by atoms with Crippen LogP contribution in [-0.4, -0.2) is 71.5 Å². The number of likely N-dealkylation sites (tertiary alicyclic amines) is 1. The number of aromatic nitrogens is 2. The summed E-state index contributed by atoms with van der Waals surface area (Å²) in [6, 6.07) is 0.374. The van der Waals surface area contributed by atoms with Crippen LogP contribution in [0, 0.1) is 5.92 Å². The Morgan fingerprint density at radius 2 is 2.24 bits per heavy atom. The van der Waals surface area contributed by atoms with Gasteiger partial charge in [0.2, 0.25) is 5.91 Å². The van der Waals surface area contributed by atoms with Crippen molar-refractivity contribution in [3.05, 3.63) is 18.7 Å². The molecule has 2 heterocycles. The molecular weight excluding hydrogens is 316 g/mol. The molecule has 7 heteroatoms. The van der Waals surface area contributed by atoms with E-state index in [-0.39, 0.29) is 12.5 Å². The highest BCUT2D eigenvalue weighted by atomic mass is 16.2. The molecule has 2 rings (SSSR count). The fourth-order valence-electron chi connectivity index (χ4n) is 3.02. The first-order chi connectivity index (χ1) is 12.0. The predicted molar refractivity (Wildman–Crippen MR) is 101 cm³/mol. The normalized spacial score (nSPS) is 21.3. The minimum atomic E-state index is 0.0197. The number of hydrogen-bond donors (Lipinski definition) is 1. The number of rotatable bonds is 6. The number of piperidine rings is 1. The number of nitrogens with one attached hydrogen (secondary N) is 1. The largest absolute Gasteiger partial charge is 0.356 e. The van der Waals surface area contributed by atoms with E-state index in [1.54, 1.807) is 19.0 Å². The first kappa shape index (κ1) is 19.3. The molecule has 140 valence electrons. The molecule has 0 aromatic carbocycles. The maximum Gasteiger partial charge on any atom is 0.243 e. The van der Waals surface area contributed by atoms with Crippen molar-refractivity contribution in [2.24, 2.45) is 10.9 Å². The predicted octanol–water partition coefficient (Wildman–Crippen LogP) is 1.60. The van der Waals surface area contributed by atoms with E-state index in [4.69, 9.17) is 0 Å². The van der Waals surface area contributed by atoms with Gasteiger partial charge in [0.25, 0.3) is 0 Å². The van der Waals surface area contributed by atoms with Crippen LogP contribution in [0.2, 0.25) is 0 Å². The van der Waals surface area contributed by atoms with Gasteiger partial charge in [-0.3, -0.25) is 4.79 Å². The van der Waals surface area contributed by atoms with Crippen LogP contribution in [0.1, 0.15) is 39.2 Å². The average Bonchev–Trinajstić information content (AvgIpc) is 3.12. The van der Waals surface area contributed by atoms with Crippen molar-refractivity contribution in [3.63, 3.8) is 0 Å². The Morgan fingerprint density at radius 3 is 2.88 bits per heavy atom. The Bertz CT molecular complexity index is 554. The zero-order valence-corrected chi connectivity index (χ0v) is 16.0. The third-order valence-electron chi connectivity index (χ3n) is 4.80. The standard InChI is InChI=1S/C18H32N6O/c1-5-6-8-20-18(21-12-17(25)22(3)4)23-10-7-15(2)16(13-23)24-11-9-19-14-24/h9,11,14-16H,5-8,10,12-13H2,1-4H3,(H,20,21). The fraction of sp³-hybridized carbons (Fsp3) is 0.722. The van der Waals surface area contributed by atoms with Gasteiger partial charge in [-0.25, -0.2) is 9.98 Å². The van der Waals surface area contributed by atoms with Crippen molar-refractivity contribution in [2.45, 2.75) is 39.2 Å². The van der Waals surface area contributed by atoms with Gasteiger partial charge in [-0.05, 0) is 18.8 Å². The van der Waals surface area contributed by atoms with Crippen molar-refractivity contribution in [2.75, 3.05) is 40.3 Å². The molecule has 1 aromatic heterocycles. The van der Waals surface area contributed by atoms with E-state index in [1.165, 1.54) is 0 Å². The van der Waals surface area contributed by atoms with Gasteiger partial charge in [0, 0.05) is 46.1 Å². The number of imidazole rings is 1. The lowest BCUT2D eigenvalue weighted by Crippen LogP contribution is -2.49. The average molecular weight is 348 g/mol. The van der Waals surface area contributed by atoms with Gasteiger partial charge in [-0.15, -0.1) is 0 Å². The van der Waals surface area contributed by atoms with Crippen LogP contribution in [0.3, 0.4) is 0 Å². The smallest absolute Gasteiger partial charge is 0.243 e. The summed E-state index contributed by atoms with van der Waals surface area (Å²) >= 11 is 0. The molecule has 0 spiro atoms. The highest BCUT2D eigenvalue weighted by Crippen LogP contribution is 2.27. The van der Waals surface area contributed by atoms with Crippen molar-refractivity contribution < 1.29 is 4.79 Å². The van der Waals surface area contributed by atoms with E-state index < -0.39 is 0 Å². The number of aliphatic imine (C=N–C) groups is 1. The highest BCUT2D eigenvalue weighted by molar-refractivity contribution is 5.84. The van der Waals surface area contributed by atoms with Gasteiger partial charge in [0.15, 0.2) is 5.96 Å². The summed E-state index contributed by atoms with van der Waals surface area (Å²) in [4.78, 5) is 24.6. The molecule has 1 amide bonds. The first-order valence-electron chi connectivity index (χ1n) is 9.23. The Hall–Kier alpha value is -2.05. The Balaban J connectivity index is 2.09. The van der Waals surface area contributed by atoms with Crippen LogP contribution in [0.25, 0.3) is 0 Å². The third-order valence-corrected chi connectivity index (χ3v) is 4.80. The second-order valence-electron chi connectivity index (χ2n) is 7.00. The lowest BCUT2D eigenvalue weighted by Gasteiger charge is -2.39. The highest BCUT2D eigenvalue weighted by Gasteiger charge is 2.29. The first-order valence-corrected chi connectivity index (χ1v) is 9.23. The Morgan fingerprint density at radius 1 is 1.44 bits per heavy atom. The maximum absolute atomic E-state index is 11.9. The Labute approximate surface area is 151 Å². The number of carbonyl (C=O) groups excluding carboxylic acids is 1. The molecule has 0 saturated carbocycles. The monoisotopic (exact) mass is 348 g/mol. The third kappa shape index (κ3) is 5.47. The molecule has 25 heavy (non-hydrogen) atoms. The van der Waals surface area contributed by atoms with Crippen molar-refractivity contribution in [1.29, 1.82) is 0 Å².